The fourth-order valence-electron chi connectivity index (χ4n) is 4.73. The summed E-state index contributed by atoms with van der Waals surface area (Å²) in [6, 6.07) is 12.0. The molecule has 2 heterocycles. The highest BCUT2D eigenvalue weighted by molar-refractivity contribution is 7.10. The Morgan fingerprint density at radius 2 is 2.00 bits per heavy atom. The van der Waals surface area contributed by atoms with E-state index >= 15 is 4.39 Å². The molecule has 0 fully saturated rings. The molecule has 1 amide bonds. The summed E-state index contributed by atoms with van der Waals surface area (Å²) in [4.78, 5) is 19.0. The maximum absolute atomic E-state index is 15.2. The van der Waals surface area contributed by atoms with Crippen molar-refractivity contribution in [2.45, 2.75) is 52.0 Å². The number of thiazole rings is 1. The number of likely N-dealkylation sites (N-methyl/N-ethyl adjacent to an activating group) is 2. The molecule has 44 heavy (non-hydrogen) atoms. The van der Waals surface area contributed by atoms with Crippen molar-refractivity contribution in [1.29, 1.82) is 5.26 Å². The number of nitrogens with one attached hydrogen (secondary N) is 1. The van der Waals surface area contributed by atoms with Gasteiger partial charge in [0.25, 0.3) is 6.33 Å². The van der Waals surface area contributed by atoms with Gasteiger partial charge in [-0.05, 0) is 43.8 Å². The molecule has 10 nitrogen and oxygen atoms in total. The van der Waals surface area contributed by atoms with Crippen LogP contribution < -0.4 is 9.88 Å². The van der Waals surface area contributed by atoms with Crippen LogP contribution >= 0.6 is 11.3 Å². The van der Waals surface area contributed by atoms with Crippen LogP contribution in [-0.2, 0) is 16.9 Å². The van der Waals surface area contributed by atoms with E-state index in [1.807, 2.05) is 19.2 Å². The molecule has 2 aromatic heterocycles. The molecule has 0 aliphatic rings. The topological polar surface area (TPSA) is 120 Å². The second-order valence-corrected chi connectivity index (χ2v) is 11.2. The lowest BCUT2D eigenvalue weighted by molar-refractivity contribution is -0.753. The predicted octanol–water partition coefficient (Wildman–Crippen LogP) is 4.72. The van der Waals surface area contributed by atoms with E-state index in [0.29, 0.717) is 35.9 Å². The zero-order valence-corrected chi connectivity index (χ0v) is 25.9. The molecule has 4 aromatic rings. The van der Waals surface area contributed by atoms with E-state index in [2.05, 4.69) is 16.5 Å². The molecule has 232 valence electrons. The number of nitrogens with zero attached hydrogens (tertiary/aromatic N) is 6. The molecule has 2 aromatic carbocycles. The quantitative estimate of drug-likeness (QED) is 0.163. The normalized spacial score (nSPS) is 14.0. The molecule has 0 radical (unpaired) electrons. The highest BCUT2D eigenvalue weighted by Gasteiger charge is 2.43. The van der Waals surface area contributed by atoms with Gasteiger partial charge in [0.15, 0.2) is 0 Å². The highest BCUT2D eigenvalue weighted by atomic mass is 32.1. The number of aromatic nitrogens is 4. The van der Waals surface area contributed by atoms with Crippen molar-refractivity contribution in [1.82, 2.24) is 25.0 Å². The molecule has 0 aliphatic carbocycles. The van der Waals surface area contributed by atoms with Gasteiger partial charge in [-0.2, -0.15) is 9.83 Å². The number of halogens is 2. The Kier molecular flexibility index (Phi) is 10.7. The van der Waals surface area contributed by atoms with Gasteiger partial charge < -0.3 is 20.1 Å². The van der Waals surface area contributed by atoms with Crippen LogP contribution in [0.5, 0.6) is 0 Å². The number of hydrogen-bond donors (Lipinski definition) is 2. The zero-order chi connectivity index (χ0) is 31.9. The smallest absolute Gasteiger partial charge is 0.412 e. The SMILES string of the molecule is CCNCCN(CC)C(=O)O[C@@H](C)[n+]1cnn(C[C@](O)(c2cc(F)ccc2F)[C@@H](C)c2nc(-c3ccc(C#N)cc3)cs2)c1. The number of amides is 1. The first-order valence-corrected chi connectivity index (χ1v) is 15.2. The molecule has 0 unspecified atom stereocenters. The summed E-state index contributed by atoms with van der Waals surface area (Å²) in [7, 11) is 0. The molecule has 0 aliphatic heterocycles. The number of rotatable bonds is 13. The second-order valence-electron chi connectivity index (χ2n) is 10.3. The van der Waals surface area contributed by atoms with Gasteiger partial charge in [0.05, 0.1) is 22.3 Å². The van der Waals surface area contributed by atoms with Crippen molar-refractivity contribution in [3.8, 4) is 17.3 Å². The fraction of sp³-hybridized carbons (Fsp3) is 0.387. The number of carbonyl (C=O) groups excluding carboxylic acids is 1. The number of hydrogen-bond acceptors (Lipinski definition) is 8. The van der Waals surface area contributed by atoms with Crippen LogP contribution in [0.3, 0.4) is 0 Å². The van der Waals surface area contributed by atoms with Crippen molar-refractivity contribution < 1.29 is 28.0 Å². The number of aliphatic hydroxyl groups is 1. The van der Waals surface area contributed by atoms with Gasteiger partial charge in [-0.3, -0.25) is 0 Å². The Labute approximate surface area is 259 Å². The lowest BCUT2D eigenvalue weighted by atomic mass is 9.82. The van der Waals surface area contributed by atoms with Gasteiger partial charge in [0.1, 0.15) is 23.8 Å². The second kappa shape index (κ2) is 14.5. The molecule has 0 bridgehead atoms. The van der Waals surface area contributed by atoms with Crippen LogP contribution in [-0.4, -0.2) is 57.0 Å². The van der Waals surface area contributed by atoms with Crippen molar-refractivity contribution in [3.63, 3.8) is 0 Å². The van der Waals surface area contributed by atoms with E-state index in [1.54, 1.807) is 47.6 Å². The molecule has 3 atom stereocenters. The monoisotopic (exact) mass is 624 g/mol. The highest BCUT2D eigenvalue weighted by Crippen LogP contribution is 2.41. The minimum Gasteiger partial charge on any atom is -0.412 e. The van der Waals surface area contributed by atoms with Crippen molar-refractivity contribution in [2.24, 2.45) is 0 Å². The Morgan fingerprint density at radius 3 is 2.68 bits per heavy atom. The number of ether oxygens (including phenoxy) is 1. The summed E-state index contributed by atoms with van der Waals surface area (Å²) in [5.74, 6) is -2.27. The molecule has 0 saturated heterocycles. The molecule has 2 N–H and O–H groups in total. The predicted molar refractivity (Wildman–Crippen MR) is 160 cm³/mol. The Balaban J connectivity index is 1.59. The molecular formula is C31H36F2N7O3S+. The summed E-state index contributed by atoms with van der Waals surface area (Å²) < 4.78 is 38.2. The molecule has 0 saturated carbocycles. The minimum absolute atomic E-state index is 0.235. The van der Waals surface area contributed by atoms with Crippen molar-refractivity contribution in [2.75, 3.05) is 26.2 Å². The third kappa shape index (κ3) is 7.45. The van der Waals surface area contributed by atoms with Crippen LogP contribution in [0.4, 0.5) is 13.6 Å². The fourth-order valence-corrected chi connectivity index (χ4v) is 5.70. The first kappa shape index (κ1) is 32.7. The van der Waals surface area contributed by atoms with E-state index in [0.717, 1.165) is 30.3 Å². The summed E-state index contributed by atoms with van der Waals surface area (Å²) in [6.45, 7) is 9.39. The number of benzene rings is 2. The largest absolute Gasteiger partial charge is 0.412 e. The van der Waals surface area contributed by atoms with Gasteiger partial charge in [-0.1, -0.05) is 26.0 Å². The zero-order valence-electron chi connectivity index (χ0n) is 25.1. The van der Waals surface area contributed by atoms with E-state index in [-0.39, 0.29) is 12.1 Å². The van der Waals surface area contributed by atoms with Crippen molar-refractivity contribution >= 4 is 17.4 Å². The van der Waals surface area contributed by atoms with Gasteiger partial charge in [0.2, 0.25) is 12.6 Å². The number of carbonyl (C=O) groups is 1. The van der Waals surface area contributed by atoms with Gasteiger partial charge >= 0.3 is 6.09 Å². The molecule has 4 rings (SSSR count). The van der Waals surface area contributed by atoms with Crippen LogP contribution in [0.15, 0.2) is 60.5 Å². The average molecular weight is 625 g/mol. The van der Waals surface area contributed by atoms with Crippen LogP contribution in [0.25, 0.3) is 11.3 Å². The maximum atomic E-state index is 15.2. The molecule has 13 heteroatoms. The average Bonchev–Trinajstić information content (AvgIpc) is 3.70. The summed E-state index contributed by atoms with van der Waals surface area (Å²) >= 11 is 1.28. The van der Waals surface area contributed by atoms with Crippen LogP contribution in [0, 0.1) is 23.0 Å². The van der Waals surface area contributed by atoms with E-state index < -0.39 is 35.5 Å². The lowest BCUT2D eigenvalue weighted by Crippen LogP contribution is -2.44. The summed E-state index contributed by atoms with van der Waals surface area (Å²) in [5.41, 5.74) is -0.287. The van der Waals surface area contributed by atoms with Crippen molar-refractivity contribution in [3.05, 3.63) is 88.3 Å². The summed E-state index contributed by atoms with van der Waals surface area (Å²) in [6.07, 6.45) is 1.76. The van der Waals surface area contributed by atoms with Gasteiger partial charge in [0, 0.05) is 54.1 Å². The van der Waals surface area contributed by atoms with Crippen LogP contribution in [0.1, 0.15) is 56.0 Å². The third-order valence-corrected chi connectivity index (χ3v) is 8.48. The minimum atomic E-state index is -1.97. The van der Waals surface area contributed by atoms with E-state index in [4.69, 9.17) is 15.0 Å². The summed E-state index contributed by atoms with van der Waals surface area (Å²) in [5, 5.41) is 31.1. The van der Waals surface area contributed by atoms with Gasteiger partial charge in [-0.25, -0.2) is 18.6 Å². The Hall–Kier alpha value is -4.25. The first-order valence-electron chi connectivity index (χ1n) is 14.3. The third-order valence-electron chi connectivity index (χ3n) is 7.46. The maximum Gasteiger partial charge on any atom is 0.412 e. The van der Waals surface area contributed by atoms with Gasteiger partial charge in [-0.15, -0.1) is 16.0 Å². The number of nitriles is 1. The molecular weight excluding hydrogens is 588 g/mol. The van der Waals surface area contributed by atoms with Crippen LogP contribution in [0.2, 0.25) is 0 Å². The Bertz CT molecular complexity index is 1600. The first-order chi connectivity index (χ1) is 21.1. The van der Waals surface area contributed by atoms with E-state index in [9.17, 15) is 14.3 Å². The Morgan fingerprint density at radius 1 is 1.25 bits per heavy atom. The molecule has 0 spiro atoms. The van der Waals surface area contributed by atoms with E-state index in [1.165, 1.54) is 28.7 Å². The standard InChI is InChI=1S/C31H36F2N7O3S/c1-5-35-13-14-38(6-2)30(41)43-22(4)39-19-36-40(20-39)18-31(42,26-15-25(32)11-12-27(26)33)21(3)29-37-28(17-44-29)24-9-7-23(16-34)8-10-24/h7-12,15,17,19-22,35,42H,5-6,13-14,18H2,1-4H3/q+1/t21-,22-,31+/m0/s1. The lowest BCUT2D eigenvalue weighted by Gasteiger charge is -2.32.